The van der Waals surface area contributed by atoms with Gasteiger partial charge in [0.25, 0.3) is 5.91 Å². The molecule has 2 rings (SSSR count). The number of carboxylic acids is 1. The molecule has 3 N–H and O–H groups in total. The summed E-state index contributed by atoms with van der Waals surface area (Å²) in [6.07, 6.45) is 0. The lowest BCUT2D eigenvalue weighted by Crippen LogP contribution is -2.52. The summed E-state index contributed by atoms with van der Waals surface area (Å²) in [4.78, 5) is 24.8. The van der Waals surface area contributed by atoms with Gasteiger partial charge in [-0.1, -0.05) is 0 Å². The molecule has 1 fully saturated rings. The first kappa shape index (κ1) is 13.4. The number of hydrogen-bond donors (Lipinski definition) is 2. The van der Waals surface area contributed by atoms with Crippen LogP contribution in [0.4, 0.5) is 5.69 Å². The molecule has 0 aromatic heterocycles. The Kier molecular flexibility index (Phi) is 3.71. The summed E-state index contributed by atoms with van der Waals surface area (Å²) < 4.78 is 5.11. The van der Waals surface area contributed by atoms with Crippen LogP contribution in [0.1, 0.15) is 15.9 Å². The Morgan fingerprint density at radius 1 is 1.47 bits per heavy atom. The van der Waals surface area contributed by atoms with E-state index in [1.165, 1.54) is 4.90 Å². The molecule has 0 aliphatic carbocycles. The molecule has 6 nitrogen and oxygen atoms in total. The molecule has 102 valence electrons. The van der Waals surface area contributed by atoms with Crippen LogP contribution in [0.2, 0.25) is 0 Å². The van der Waals surface area contributed by atoms with E-state index >= 15 is 0 Å². The number of rotatable bonds is 2. The number of nitrogens with zero attached hydrogens (tertiary/aromatic N) is 1. The fourth-order valence-corrected chi connectivity index (χ4v) is 2.03. The Hall–Kier alpha value is -2.08. The summed E-state index contributed by atoms with van der Waals surface area (Å²) in [5.41, 5.74) is 7.55. The number of amides is 1. The topological polar surface area (TPSA) is 92.9 Å². The van der Waals surface area contributed by atoms with E-state index in [0.29, 0.717) is 17.9 Å². The van der Waals surface area contributed by atoms with Crippen molar-refractivity contribution in [3.63, 3.8) is 0 Å². The molecular weight excluding hydrogens is 248 g/mol. The van der Waals surface area contributed by atoms with Gasteiger partial charge in [0.2, 0.25) is 0 Å². The molecule has 0 saturated carbocycles. The Labute approximate surface area is 110 Å². The molecule has 1 amide bonds. The Morgan fingerprint density at radius 2 is 2.21 bits per heavy atom. The van der Waals surface area contributed by atoms with Crippen LogP contribution in [0.5, 0.6) is 0 Å². The van der Waals surface area contributed by atoms with Crippen molar-refractivity contribution in [2.24, 2.45) is 0 Å². The van der Waals surface area contributed by atoms with E-state index in [1.807, 2.05) is 0 Å². The van der Waals surface area contributed by atoms with Crippen molar-refractivity contribution in [1.82, 2.24) is 4.90 Å². The van der Waals surface area contributed by atoms with Gasteiger partial charge in [-0.05, 0) is 30.7 Å². The van der Waals surface area contributed by atoms with Crippen LogP contribution < -0.4 is 5.73 Å². The van der Waals surface area contributed by atoms with E-state index in [0.717, 1.165) is 5.56 Å². The number of morpholine rings is 1. The van der Waals surface area contributed by atoms with Crippen LogP contribution in [0.25, 0.3) is 0 Å². The van der Waals surface area contributed by atoms with Gasteiger partial charge in [0.05, 0.1) is 13.2 Å². The average molecular weight is 264 g/mol. The number of carbonyl (C=O) groups excluding carboxylic acids is 1. The zero-order valence-corrected chi connectivity index (χ0v) is 10.6. The second-order valence-electron chi connectivity index (χ2n) is 4.50. The molecule has 1 heterocycles. The minimum Gasteiger partial charge on any atom is -0.480 e. The Bertz CT molecular complexity index is 515. The van der Waals surface area contributed by atoms with Gasteiger partial charge in [-0.25, -0.2) is 4.79 Å². The lowest BCUT2D eigenvalue weighted by Gasteiger charge is -2.33. The van der Waals surface area contributed by atoms with Gasteiger partial charge in [-0.2, -0.15) is 0 Å². The van der Waals surface area contributed by atoms with Gasteiger partial charge in [0.1, 0.15) is 0 Å². The first-order valence-corrected chi connectivity index (χ1v) is 5.98. The van der Waals surface area contributed by atoms with Crippen LogP contribution in [0, 0.1) is 6.92 Å². The molecule has 0 bridgehead atoms. The zero-order chi connectivity index (χ0) is 14.0. The van der Waals surface area contributed by atoms with Gasteiger partial charge >= 0.3 is 5.97 Å². The quantitative estimate of drug-likeness (QED) is 0.759. The number of nitrogen functional groups attached to an aromatic ring is 1. The molecular formula is C13H16N2O4. The van der Waals surface area contributed by atoms with Crippen LogP contribution in [0.3, 0.4) is 0 Å². The van der Waals surface area contributed by atoms with Gasteiger partial charge in [0, 0.05) is 17.8 Å². The smallest absolute Gasteiger partial charge is 0.328 e. The van der Waals surface area contributed by atoms with Crippen LogP contribution >= 0.6 is 0 Å². The number of anilines is 1. The molecule has 19 heavy (non-hydrogen) atoms. The molecule has 1 aliphatic rings. The molecule has 1 atom stereocenters. The fourth-order valence-electron chi connectivity index (χ4n) is 2.03. The van der Waals surface area contributed by atoms with Gasteiger partial charge in [-0.15, -0.1) is 0 Å². The standard InChI is InChI=1S/C13H16N2O4/c1-8-6-9(2-3-10(8)14)12(16)15-4-5-19-7-11(15)13(17)18/h2-3,6,11H,4-5,7,14H2,1H3,(H,17,18). The van der Waals surface area contributed by atoms with E-state index in [1.54, 1.807) is 25.1 Å². The molecule has 1 aliphatic heterocycles. The minimum atomic E-state index is -1.06. The first-order valence-electron chi connectivity index (χ1n) is 5.98. The van der Waals surface area contributed by atoms with Gasteiger partial charge in [0.15, 0.2) is 6.04 Å². The number of ether oxygens (including phenoxy) is 1. The normalized spacial score (nSPS) is 19.2. The highest BCUT2D eigenvalue weighted by Crippen LogP contribution is 2.17. The number of hydrogen-bond acceptors (Lipinski definition) is 4. The fraction of sp³-hybridized carbons (Fsp3) is 0.385. The summed E-state index contributed by atoms with van der Waals surface area (Å²) in [6.45, 7) is 2.46. The molecule has 6 heteroatoms. The Morgan fingerprint density at radius 3 is 2.84 bits per heavy atom. The predicted octanol–water partition coefficient (Wildman–Crippen LogP) is 0.503. The van der Waals surface area contributed by atoms with Crippen molar-refractivity contribution in [3.8, 4) is 0 Å². The van der Waals surface area contributed by atoms with Crippen LogP contribution in [-0.2, 0) is 9.53 Å². The van der Waals surface area contributed by atoms with Gasteiger partial charge in [-0.3, -0.25) is 4.79 Å². The van der Waals surface area contributed by atoms with E-state index in [9.17, 15) is 9.59 Å². The van der Waals surface area contributed by atoms with Crippen molar-refractivity contribution in [3.05, 3.63) is 29.3 Å². The summed E-state index contributed by atoms with van der Waals surface area (Å²) in [6, 6.07) is 4.00. The maximum atomic E-state index is 12.3. The van der Waals surface area contributed by atoms with Crippen molar-refractivity contribution < 1.29 is 19.4 Å². The van der Waals surface area contributed by atoms with E-state index in [4.69, 9.17) is 15.6 Å². The highest BCUT2D eigenvalue weighted by molar-refractivity contribution is 5.97. The number of carboxylic acid groups (broad SMARTS) is 1. The Balaban J connectivity index is 2.26. The second-order valence-corrected chi connectivity index (χ2v) is 4.50. The van der Waals surface area contributed by atoms with Crippen molar-refractivity contribution >= 4 is 17.6 Å². The number of carbonyl (C=O) groups is 2. The maximum Gasteiger partial charge on any atom is 0.328 e. The number of benzene rings is 1. The third-order valence-electron chi connectivity index (χ3n) is 3.19. The second kappa shape index (κ2) is 5.27. The summed E-state index contributed by atoms with van der Waals surface area (Å²) in [5, 5.41) is 9.11. The number of aryl methyl sites for hydroxylation is 1. The van der Waals surface area contributed by atoms with E-state index < -0.39 is 12.0 Å². The molecule has 1 saturated heterocycles. The van der Waals surface area contributed by atoms with E-state index in [-0.39, 0.29) is 19.1 Å². The van der Waals surface area contributed by atoms with Crippen molar-refractivity contribution in [2.75, 3.05) is 25.5 Å². The lowest BCUT2D eigenvalue weighted by atomic mass is 10.1. The van der Waals surface area contributed by atoms with Gasteiger partial charge < -0.3 is 20.5 Å². The third kappa shape index (κ3) is 2.68. The monoisotopic (exact) mass is 264 g/mol. The number of nitrogens with two attached hydrogens (primary N) is 1. The maximum absolute atomic E-state index is 12.3. The summed E-state index contributed by atoms with van der Waals surface area (Å²) in [5.74, 6) is -1.36. The highest BCUT2D eigenvalue weighted by atomic mass is 16.5. The molecule has 1 aromatic rings. The molecule has 1 unspecified atom stereocenters. The van der Waals surface area contributed by atoms with Crippen molar-refractivity contribution in [2.45, 2.75) is 13.0 Å². The number of aliphatic carboxylic acids is 1. The molecule has 0 spiro atoms. The predicted molar refractivity (Wildman–Crippen MR) is 68.9 cm³/mol. The summed E-state index contributed by atoms with van der Waals surface area (Å²) in [7, 11) is 0. The lowest BCUT2D eigenvalue weighted by molar-refractivity contribution is -0.147. The van der Waals surface area contributed by atoms with Crippen molar-refractivity contribution in [1.29, 1.82) is 0 Å². The summed E-state index contributed by atoms with van der Waals surface area (Å²) >= 11 is 0. The average Bonchev–Trinajstić information content (AvgIpc) is 2.41. The SMILES string of the molecule is Cc1cc(C(=O)N2CCOCC2C(=O)O)ccc1N. The third-order valence-corrected chi connectivity index (χ3v) is 3.19. The first-order chi connectivity index (χ1) is 9.00. The highest BCUT2D eigenvalue weighted by Gasteiger charge is 2.33. The minimum absolute atomic E-state index is 0.0228. The van der Waals surface area contributed by atoms with Crippen LogP contribution in [-0.4, -0.2) is 47.7 Å². The van der Waals surface area contributed by atoms with Crippen LogP contribution in [0.15, 0.2) is 18.2 Å². The molecule has 0 radical (unpaired) electrons. The largest absolute Gasteiger partial charge is 0.480 e. The zero-order valence-electron chi connectivity index (χ0n) is 10.6. The van der Waals surface area contributed by atoms with E-state index in [2.05, 4.69) is 0 Å². The molecule has 1 aromatic carbocycles.